The van der Waals surface area contributed by atoms with Gasteiger partial charge in [-0.25, -0.2) is 4.39 Å². The summed E-state index contributed by atoms with van der Waals surface area (Å²) in [5, 5.41) is 11.7. The highest BCUT2D eigenvalue weighted by atomic mass is 19.4. The molecule has 1 aromatic carbocycles. The summed E-state index contributed by atoms with van der Waals surface area (Å²) in [5.74, 6) is -1.31. The number of unbranched alkanes of at least 4 members (excludes halogenated alkanes) is 1. The van der Waals surface area contributed by atoms with Crippen molar-refractivity contribution in [2.24, 2.45) is 0 Å². The molecule has 0 fully saturated rings. The van der Waals surface area contributed by atoms with Crippen molar-refractivity contribution in [3.05, 3.63) is 29.6 Å². The third-order valence-electron chi connectivity index (χ3n) is 3.05. The van der Waals surface area contributed by atoms with Gasteiger partial charge in [0.25, 0.3) is 5.60 Å². The van der Waals surface area contributed by atoms with Gasteiger partial charge in [0.2, 0.25) is 0 Å². The number of aliphatic hydroxyl groups is 1. The van der Waals surface area contributed by atoms with E-state index in [1.807, 2.05) is 6.92 Å². The van der Waals surface area contributed by atoms with Crippen molar-refractivity contribution in [2.75, 3.05) is 11.9 Å². The summed E-state index contributed by atoms with van der Waals surface area (Å²) in [7, 11) is 0. The summed E-state index contributed by atoms with van der Waals surface area (Å²) in [6.07, 6.45) is -10.6. The van der Waals surface area contributed by atoms with Crippen LogP contribution in [0, 0.1) is 5.82 Å². The molecule has 0 bridgehead atoms. The van der Waals surface area contributed by atoms with Gasteiger partial charge in [-0.2, -0.15) is 26.3 Å². The summed E-state index contributed by atoms with van der Waals surface area (Å²) in [4.78, 5) is 0. The molecule has 126 valence electrons. The molecule has 0 spiro atoms. The van der Waals surface area contributed by atoms with E-state index >= 15 is 0 Å². The highest BCUT2D eigenvalue weighted by molar-refractivity contribution is 5.47. The van der Waals surface area contributed by atoms with E-state index in [0.717, 1.165) is 12.5 Å². The first-order valence-corrected chi connectivity index (χ1v) is 6.35. The Kier molecular flexibility index (Phi) is 5.32. The third-order valence-corrected chi connectivity index (χ3v) is 3.05. The zero-order valence-electron chi connectivity index (χ0n) is 11.4. The fourth-order valence-electron chi connectivity index (χ4n) is 1.77. The lowest BCUT2D eigenvalue weighted by Crippen LogP contribution is -2.53. The first kappa shape index (κ1) is 18.5. The molecule has 9 heteroatoms. The van der Waals surface area contributed by atoms with Crippen LogP contribution in [0.15, 0.2) is 18.2 Å². The third kappa shape index (κ3) is 3.45. The summed E-state index contributed by atoms with van der Waals surface area (Å²) in [6.45, 7) is 2.17. The van der Waals surface area contributed by atoms with Crippen molar-refractivity contribution in [3.63, 3.8) is 0 Å². The van der Waals surface area contributed by atoms with Crippen molar-refractivity contribution < 1.29 is 35.8 Å². The Labute approximate surface area is 121 Å². The normalized spacial score (nSPS) is 13.3. The van der Waals surface area contributed by atoms with Gasteiger partial charge in [-0.05, 0) is 18.6 Å². The van der Waals surface area contributed by atoms with Crippen molar-refractivity contribution >= 4 is 5.69 Å². The molecule has 1 aromatic rings. The molecule has 0 aliphatic carbocycles. The minimum absolute atomic E-state index is 0.0370. The van der Waals surface area contributed by atoms with Gasteiger partial charge in [-0.1, -0.05) is 19.4 Å². The fraction of sp³-hybridized carbons (Fsp3) is 0.538. The highest BCUT2D eigenvalue weighted by Gasteiger charge is 2.71. The van der Waals surface area contributed by atoms with Crippen LogP contribution in [0.4, 0.5) is 36.4 Å². The van der Waals surface area contributed by atoms with Crippen LogP contribution < -0.4 is 5.32 Å². The molecule has 0 aromatic heterocycles. The van der Waals surface area contributed by atoms with Crippen LogP contribution in [0.2, 0.25) is 0 Å². The highest BCUT2D eigenvalue weighted by Crippen LogP contribution is 2.50. The molecule has 1 rings (SSSR count). The number of hydrogen-bond donors (Lipinski definition) is 2. The molecule has 0 aliphatic rings. The summed E-state index contributed by atoms with van der Waals surface area (Å²) < 4.78 is 89.6. The van der Waals surface area contributed by atoms with Crippen LogP contribution in [0.1, 0.15) is 25.3 Å². The van der Waals surface area contributed by atoms with E-state index in [0.29, 0.717) is 19.0 Å². The first-order chi connectivity index (χ1) is 9.95. The molecule has 2 N–H and O–H groups in total. The number of hydrogen-bond acceptors (Lipinski definition) is 2. The van der Waals surface area contributed by atoms with E-state index in [9.17, 15) is 30.7 Å². The molecular formula is C13H14F7NO. The van der Waals surface area contributed by atoms with Crippen LogP contribution in [0.5, 0.6) is 0 Å². The zero-order chi connectivity index (χ0) is 17.2. The Morgan fingerprint density at radius 2 is 1.59 bits per heavy atom. The second-order valence-electron chi connectivity index (χ2n) is 4.68. The van der Waals surface area contributed by atoms with Crippen molar-refractivity contribution in [1.82, 2.24) is 0 Å². The summed E-state index contributed by atoms with van der Waals surface area (Å²) in [5.41, 5.74) is -6.97. The van der Waals surface area contributed by atoms with E-state index in [1.54, 1.807) is 0 Å². The Bertz CT molecular complexity index is 496. The fourth-order valence-corrected chi connectivity index (χ4v) is 1.77. The molecular weight excluding hydrogens is 319 g/mol. The summed E-state index contributed by atoms with van der Waals surface area (Å²) in [6, 6.07) is 1.18. The Morgan fingerprint density at radius 1 is 1.05 bits per heavy atom. The Hall–Kier alpha value is -1.51. The molecule has 0 atom stereocenters. The monoisotopic (exact) mass is 333 g/mol. The first-order valence-electron chi connectivity index (χ1n) is 6.35. The van der Waals surface area contributed by atoms with E-state index < -0.39 is 29.3 Å². The number of benzene rings is 1. The van der Waals surface area contributed by atoms with Crippen molar-refractivity contribution in [2.45, 2.75) is 37.7 Å². The van der Waals surface area contributed by atoms with Gasteiger partial charge in [0.15, 0.2) is 0 Å². The van der Waals surface area contributed by atoms with Crippen molar-refractivity contribution in [1.29, 1.82) is 0 Å². The van der Waals surface area contributed by atoms with Crippen LogP contribution in [-0.2, 0) is 5.60 Å². The lowest BCUT2D eigenvalue weighted by molar-refractivity contribution is -0.376. The van der Waals surface area contributed by atoms with E-state index in [1.165, 1.54) is 0 Å². The minimum Gasteiger partial charge on any atom is -0.383 e. The van der Waals surface area contributed by atoms with E-state index in [2.05, 4.69) is 5.32 Å². The lowest BCUT2D eigenvalue weighted by atomic mass is 9.92. The molecule has 0 saturated carbocycles. The second kappa shape index (κ2) is 6.31. The SMILES string of the molecule is CCCCNc1ccc(C(O)(C(F)(F)F)C(F)(F)F)cc1F. The Balaban J connectivity index is 3.22. The molecule has 2 nitrogen and oxygen atoms in total. The standard InChI is InChI=1S/C13H14F7NO/c1-2-3-6-21-10-5-4-8(7-9(10)14)11(22,12(15,16)17)13(18,19)20/h4-5,7,21-22H,2-3,6H2,1H3. The average Bonchev–Trinajstić information content (AvgIpc) is 2.37. The smallest absolute Gasteiger partial charge is 0.383 e. The van der Waals surface area contributed by atoms with Gasteiger partial charge in [0, 0.05) is 12.1 Å². The maximum absolute atomic E-state index is 13.7. The van der Waals surface area contributed by atoms with Crippen LogP contribution in [-0.4, -0.2) is 24.0 Å². The predicted molar refractivity (Wildman–Crippen MR) is 65.8 cm³/mol. The quantitative estimate of drug-likeness (QED) is 0.620. The topological polar surface area (TPSA) is 32.3 Å². The maximum atomic E-state index is 13.7. The van der Waals surface area contributed by atoms with Gasteiger partial charge in [0.1, 0.15) is 5.82 Å². The Morgan fingerprint density at radius 3 is 2.00 bits per heavy atom. The van der Waals surface area contributed by atoms with Gasteiger partial charge in [-0.15, -0.1) is 0 Å². The van der Waals surface area contributed by atoms with E-state index in [4.69, 9.17) is 5.11 Å². The summed E-state index contributed by atoms with van der Waals surface area (Å²) >= 11 is 0. The van der Waals surface area contributed by atoms with Gasteiger partial charge < -0.3 is 10.4 Å². The molecule has 0 saturated heterocycles. The largest absolute Gasteiger partial charge is 0.430 e. The number of halogens is 7. The van der Waals surface area contributed by atoms with Crippen molar-refractivity contribution in [3.8, 4) is 0 Å². The number of nitrogens with one attached hydrogen (secondary N) is 1. The molecule has 0 aliphatic heterocycles. The van der Waals surface area contributed by atoms with E-state index in [-0.39, 0.29) is 11.8 Å². The average molecular weight is 333 g/mol. The molecule has 22 heavy (non-hydrogen) atoms. The van der Waals surface area contributed by atoms with Gasteiger partial charge in [0.05, 0.1) is 5.69 Å². The second-order valence-corrected chi connectivity index (χ2v) is 4.68. The van der Waals surface area contributed by atoms with Crippen LogP contribution in [0.3, 0.4) is 0 Å². The number of anilines is 1. The molecule has 0 heterocycles. The minimum atomic E-state index is -6.03. The predicted octanol–water partition coefficient (Wildman–Crippen LogP) is 4.35. The van der Waals surface area contributed by atoms with Gasteiger partial charge >= 0.3 is 12.4 Å². The zero-order valence-corrected chi connectivity index (χ0v) is 11.4. The number of rotatable bonds is 5. The van der Waals surface area contributed by atoms with Gasteiger partial charge in [-0.3, -0.25) is 0 Å². The lowest BCUT2D eigenvalue weighted by Gasteiger charge is -2.32. The van der Waals surface area contributed by atoms with Crippen LogP contribution in [0.25, 0.3) is 0 Å². The number of alkyl halides is 6. The maximum Gasteiger partial charge on any atom is 0.430 e. The van der Waals surface area contributed by atoms with Crippen LogP contribution >= 0.6 is 0 Å². The molecule has 0 radical (unpaired) electrons. The molecule has 0 amide bonds. The molecule has 0 unspecified atom stereocenters.